The number of amides is 1. The van der Waals surface area contributed by atoms with Crippen LogP contribution in [-0.4, -0.2) is 24.8 Å². The van der Waals surface area contributed by atoms with Crippen LogP contribution in [0, 0.1) is 11.3 Å². The molecule has 0 spiro atoms. The van der Waals surface area contributed by atoms with E-state index in [0.717, 1.165) is 11.1 Å². The number of carbonyl (C=O) groups is 1. The van der Waals surface area contributed by atoms with Gasteiger partial charge in [0.05, 0.1) is 22.3 Å². The molecule has 0 atom stereocenters. The van der Waals surface area contributed by atoms with Crippen LogP contribution in [0.15, 0.2) is 87.9 Å². The highest BCUT2D eigenvalue weighted by Gasteiger charge is 2.32. The third-order valence-corrected chi connectivity index (χ3v) is 5.44. The van der Waals surface area contributed by atoms with Gasteiger partial charge in [-0.15, -0.1) is 0 Å². The van der Waals surface area contributed by atoms with E-state index in [1.165, 1.54) is 5.01 Å². The summed E-state index contributed by atoms with van der Waals surface area (Å²) in [6.07, 6.45) is 1.79. The molecule has 0 N–H and O–H groups in total. The third kappa shape index (κ3) is 4.81. The molecule has 1 aliphatic heterocycles. The zero-order valence-corrected chi connectivity index (χ0v) is 19.5. The van der Waals surface area contributed by atoms with Crippen molar-refractivity contribution in [2.24, 2.45) is 5.10 Å². The lowest BCUT2D eigenvalue weighted by molar-refractivity contribution is -0.114. The normalized spacial score (nSPS) is 14.2. The van der Waals surface area contributed by atoms with Gasteiger partial charge in [0.2, 0.25) is 0 Å². The molecule has 0 unspecified atom stereocenters. The molecule has 4 rings (SSSR count). The number of nitrogens with zero attached hydrogens (tertiary/aromatic N) is 3. The zero-order valence-electron chi connectivity index (χ0n) is 17.9. The van der Waals surface area contributed by atoms with E-state index < -0.39 is 0 Å². The number of hydrogen-bond donors (Lipinski definition) is 0. The van der Waals surface area contributed by atoms with Crippen molar-refractivity contribution in [2.75, 3.05) is 18.2 Å². The summed E-state index contributed by atoms with van der Waals surface area (Å²) in [5.41, 5.74) is 3.31. The Morgan fingerprint density at radius 1 is 1.06 bits per heavy atom. The number of hydrogen-bond acceptors (Lipinski definition) is 5. The van der Waals surface area contributed by atoms with Crippen LogP contribution in [0.3, 0.4) is 0 Å². The number of para-hydroxylation sites is 1. The first-order valence-electron chi connectivity index (χ1n) is 10.3. The summed E-state index contributed by atoms with van der Waals surface area (Å²) in [6, 6.07) is 24.5. The Balaban J connectivity index is 1.80. The number of rotatable bonds is 7. The number of hydrazone groups is 1. The SMILES string of the molecule is CCOc1cc(/C=C2\C(=O)N(c3ccccc3)N=C2c2ccccc2)cc(Br)c1OCC#N. The molecule has 0 saturated carbocycles. The molecule has 0 bridgehead atoms. The summed E-state index contributed by atoms with van der Waals surface area (Å²) >= 11 is 3.50. The molecule has 1 amide bonds. The predicted octanol–water partition coefficient (Wildman–Crippen LogP) is 5.58. The van der Waals surface area contributed by atoms with Gasteiger partial charge in [0.15, 0.2) is 18.1 Å². The van der Waals surface area contributed by atoms with Crippen LogP contribution < -0.4 is 14.5 Å². The first-order valence-corrected chi connectivity index (χ1v) is 11.1. The first kappa shape index (κ1) is 22.3. The molecule has 0 fully saturated rings. The minimum absolute atomic E-state index is 0.103. The molecule has 1 heterocycles. The van der Waals surface area contributed by atoms with Crippen molar-refractivity contribution in [1.82, 2.24) is 0 Å². The third-order valence-electron chi connectivity index (χ3n) is 4.85. The lowest BCUT2D eigenvalue weighted by atomic mass is 10.00. The van der Waals surface area contributed by atoms with Gasteiger partial charge in [-0.3, -0.25) is 4.79 Å². The molecule has 0 radical (unpaired) electrons. The monoisotopic (exact) mass is 501 g/mol. The van der Waals surface area contributed by atoms with E-state index in [9.17, 15) is 4.79 Å². The highest BCUT2D eigenvalue weighted by atomic mass is 79.9. The van der Waals surface area contributed by atoms with E-state index in [2.05, 4.69) is 21.0 Å². The Bertz CT molecular complexity index is 1270. The van der Waals surface area contributed by atoms with Crippen molar-refractivity contribution in [3.63, 3.8) is 0 Å². The highest BCUT2D eigenvalue weighted by molar-refractivity contribution is 9.10. The second-order valence-corrected chi connectivity index (χ2v) is 7.89. The molecule has 0 saturated heterocycles. The minimum Gasteiger partial charge on any atom is -0.490 e. The van der Waals surface area contributed by atoms with Crippen molar-refractivity contribution in [2.45, 2.75) is 6.92 Å². The van der Waals surface area contributed by atoms with Crippen LogP contribution in [0.25, 0.3) is 6.08 Å². The topological polar surface area (TPSA) is 74.9 Å². The molecule has 1 aliphatic rings. The summed E-state index contributed by atoms with van der Waals surface area (Å²) in [6.45, 7) is 2.19. The van der Waals surface area contributed by atoms with Crippen molar-refractivity contribution >= 4 is 39.3 Å². The van der Waals surface area contributed by atoms with Gasteiger partial charge in [-0.1, -0.05) is 48.5 Å². The number of nitriles is 1. The molecule has 6 nitrogen and oxygen atoms in total. The van der Waals surface area contributed by atoms with Gasteiger partial charge in [0.25, 0.3) is 5.91 Å². The Morgan fingerprint density at radius 2 is 1.76 bits per heavy atom. The Morgan fingerprint density at radius 3 is 2.42 bits per heavy atom. The fraction of sp³-hybridized carbons (Fsp3) is 0.115. The van der Waals surface area contributed by atoms with Gasteiger partial charge >= 0.3 is 0 Å². The lowest BCUT2D eigenvalue weighted by Gasteiger charge is -2.13. The molecular formula is C26H20BrN3O3. The number of ether oxygens (including phenoxy) is 2. The Kier molecular flexibility index (Phi) is 6.86. The van der Waals surface area contributed by atoms with Crippen molar-refractivity contribution in [1.29, 1.82) is 5.26 Å². The van der Waals surface area contributed by atoms with E-state index >= 15 is 0 Å². The summed E-state index contributed by atoms with van der Waals surface area (Å²) in [5, 5.41) is 14.9. The van der Waals surface area contributed by atoms with E-state index in [0.29, 0.717) is 39.6 Å². The highest BCUT2D eigenvalue weighted by Crippen LogP contribution is 2.38. The van der Waals surface area contributed by atoms with Gasteiger partial charge in [-0.05, 0) is 58.8 Å². The average molecular weight is 502 g/mol. The maximum atomic E-state index is 13.4. The maximum Gasteiger partial charge on any atom is 0.281 e. The van der Waals surface area contributed by atoms with Crippen molar-refractivity contribution in [3.8, 4) is 17.6 Å². The second kappa shape index (κ2) is 10.2. The van der Waals surface area contributed by atoms with Gasteiger partial charge < -0.3 is 9.47 Å². The number of carbonyl (C=O) groups excluding carboxylic acids is 1. The molecule has 0 aromatic heterocycles. The number of halogens is 1. The Hall–Kier alpha value is -3.89. The van der Waals surface area contributed by atoms with E-state index in [1.807, 2.05) is 79.7 Å². The van der Waals surface area contributed by atoms with E-state index in [-0.39, 0.29) is 12.5 Å². The van der Waals surface area contributed by atoms with Gasteiger partial charge in [-0.2, -0.15) is 15.4 Å². The summed E-state index contributed by atoms with van der Waals surface area (Å²) in [7, 11) is 0. The molecule has 3 aromatic rings. The average Bonchev–Trinajstić information content (AvgIpc) is 3.16. The minimum atomic E-state index is -0.223. The van der Waals surface area contributed by atoms with Gasteiger partial charge in [0.1, 0.15) is 11.8 Å². The predicted molar refractivity (Wildman–Crippen MR) is 131 cm³/mol. The van der Waals surface area contributed by atoms with Crippen LogP contribution in [0.1, 0.15) is 18.1 Å². The van der Waals surface area contributed by atoms with Crippen LogP contribution >= 0.6 is 15.9 Å². The zero-order chi connectivity index (χ0) is 23.2. The largest absolute Gasteiger partial charge is 0.490 e. The fourth-order valence-electron chi connectivity index (χ4n) is 3.44. The van der Waals surface area contributed by atoms with Gasteiger partial charge in [-0.25, -0.2) is 0 Å². The van der Waals surface area contributed by atoms with E-state index in [4.69, 9.17) is 14.7 Å². The van der Waals surface area contributed by atoms with Crippen molar-refractivity contribution < 1.29 is 14.3 Å². The first-order chi connectivity index (χ1) is 16.1. The summed E-state index contributed by atoms with van der Waals surface area (Å²) < 4.78 is 11.9. The van der Waals surface area contributed by atoms with Crippen molar-refractivity contribution in [3.05, 3.63) is 94.0 Å². The molecule has 7 heteroatoms. The Labute approximate surface area is 200 Å². The van der Waals surface area contributed by atoms with Crippen LogP contribution in [0.5, 0.6) is 11.5 Å². The fourth-order valence-corrected chi connectivity index (χ4v) is 4.02. The molecular weight excluding hydrogens is 482 g/mol. The summed E-state index contributed by atoms with van der Waals surface area (Å²) in [5.74, 6) is 0.706. The van der Waals surface area contributed by atoms with Crippen LogP contribution in [-0.2, 0) is 4.79 Å². The lowest BCUT2D eigenvalue weighted by Crippen LogP contribution is -2.21. The summed E-state index contributed by atoms with van der Waals surface area (Å²) in [4.78, 5) is 13.4. The standard InChI is InChI=1S/C26H20BrN3O3/c1-2-32-23-17-18(16-22(27)25(23)33-14-13-28)15-21-24(19-9-5-3-6-10-19)29-30(26(21)31)20-11-7-4-8-12-20/h3-12,15-17H,2,14H2,1H3/b21-15-. The smallest absolute Gasteiger partial charge is 0.281 e. The van der Waals surface area contributed by atoms with Crippen LogP contribution in [0.2, 0.25) is 0 Å². The number of benzene rings is 3. The quantitative estimate of drug-likeness (QED) is 0.395. The molecule has 164 valence electrons. The number of anilines is 1. The van der Waals surface area contributed by atoms with E-state index in [1.54, 1.807) is 12.1 Å². The van der Waals surface area contributed by atoms with Crippen LogP contribution in [0.4, 0.5) is 5.69 Å². The maximum absolute atomic E-state index is 13.4. The molecule has 0 aliphatic carbocycles. The molecule has 33 heavy (non-hydrogen) atoms. The molecule has 3 aromatic carbocycles. The van der Waals surface area contributed by atoms with Gasteiger partial charge in [0, 0.05) is 5.56 Å². The second-order valence-electron chi connectivity index (χ2n) is 7.03.